The van der Waals surface area contributed by atoms with Gasteiger partial charge in [0.05, 0.1) is 17.6 Å². The monoisotopic (exact) mass is 313 g/mol. The van der Waals surface area contributed by atoms with E-state index in [2.05, 4.69) is 25.2 Å². The van der Waals surface area contributed by atoms with Crippen molar-refractivity contribution >= 4 is 22.6 Å². The maximum absolute atomic E-state index is 12.5. The minimum atomic E-state index is -0.202. The highest BCUT2D eigenvalue weighted by molar-refractivity contribution is 5.89. The summed E-state index contributed by atoms with van der Waals surface area (Å²) in [7, 11) is 0. The number of hydrogen-bond acceptors (Lipinski definition) is 5. The number of rotatable bonds is 2. The van der Waals surface area contributed by atoms with Crippen LogP contribution in [0.4, 0.5) is 5.82 Å². The number of fused-ring (bicyclic) bond motifs is 1. The molecule has 23 heavy (non-hydrogen) atoms. The maximum atomic E-state index is 12.5. The van der Waals surface area contributed by atoms with Crippen LogP contribution in [0.5, 0.6) is 0 Å². The Morgan fingerprint density at radius 3 is 2.96 bits per heavy atom. The average Bonchev–Trinajstić information content (AvgIpc) is 2.53. The molecule has 1 amide bonds. The number of amides is 1. The maximum Gasteiger partial charge on any atom is 0.225 e. The van der Waals surface area contributed by atoms with Crippen LogP contribution in [0.3, 0.4) is 0 Å². The molecule has 0 bridgehead atoms. The highest BCUT2D eigenvalue weighted by Gasteiger charge is 2.29. The summed E-state index contributed by atoms with van der Waals surface area (Å²) in [6, 6.07) is 1.93. The van der Waals surface area contributed by atoms with Gasteiger partial charge in [-0.1, -0.05) is 0 Å². The minimum absolute atomic E-state index is 0.00479. The molecule has 1 unspecified atom stereocenters. The fourth-order valence-electron chi connectivity index (χ4n) is 3.00. The number of nitrogens with zero attached hydrogens (tertiary/aromatic N) is 4. The molecule has 122 valence electrons. The summed E-state index contributed by atoms with van der Waals surface area (Å²) in [5, 5.41) is 4.08. The van der Waals surface area contributed by atoms with Gasteiger partial charge in [0.15, 0.2) is 0 Å². The normalized spacial score (nSPS) is 18.9. The third kappa shape index (κ3) is 3.57. The Hall–Kier alpha value is -2.24. The van der Waals surface area contributed by atoms with Gasteiger partial charge in [-0.25, -0.2) is 9.97 Å². The second-order valence-electron chi connectivity index (χ2n) is 7.11. The van der Waals surface area contributed by atoms with E-state index in [9.17, 15) is 4.79 Å². The summed E-state index contributed by atoms with van der Waals surface area (Å²) in [6.07, 6.45) is 6.97. The molecular formula is C17H23N5O. The number of carbonyl (C=O) groups is 1. The van der Waals surface area contributed by atoms with Crippen LogP contribution in [0, 0.1) is 5.92 Å². The van der Waals surface area contributed by atoms with Crippen molar-refractivity contribution in [2.75, 3.05) is 18.0 Å². The van der Waals surface area contributed by atoms with Gasteiger partial charge in [0.1, 0.15) is 12.1 Å². The Balaban J connectivity index is 1.82. The first-order valence-corrected chi connectivity index (χ1v) is 8.06. The number of nitrogens with one attached hydrogen (secondary N) is 1. The third-order valence-corrected chi connectivity index (χ3v) is 4.01. The molecule has 2 aromatic heterocycles. The Morgan fingerprint density at radius 1 is 1.35 bits per heavy atom. The Labute approximate surface area is 136 Å². The molecule has 0 aromatic carbocycles. The minimum Gasteiger partial charge on any atom is -0.355 e. The van der Waals surface area contributed by atoms with Gasteiger partial charge in [-0.15, -0.1) is 0 Å². The van der Waals surface area contributed by atoms with E-state index in [-0.39, 0.29) is 17.4 Å². The van der Waals surface area contributed by atoms with Crippen molar-refractivity contribution in [1.29, 1.82) is 0 Å². The van der Waals surface area contributed by atoms with Crippen molar-refractivity contribution in [1.82, 2.24) is 20.3 Å². The lowest BCUT2D eigenvalue weighted by Gasteiger charge is -2.34. The predicted octanol–water partition coefficient (Wildman–Crippen LogP) is 2.16. The first kappa shape index (κ1) is 15.6. The van der Waals surface area contributed by atoms with E-state index in [1.54, 1.807) is 18.7 Å². The lowest BCUT2D eigenvalue weighted by Crippen LogP contribution is -2.48. The van der Waals surface area contributed by atoms with Crippen molar-refractivity contribution in [3.05, 3.63) is 24.8 Å². The molecule has 6 heteroatoms. The predicted molar refractivity (Wildman–Crippen MR) is 90.2 cm³/mol. The zero-order valence-electron chi connectivity index (χ0n) is 13.9. The quantitative estimate of drug-likeness (QED) is 0.920. The van der Waals surface area contributed by atoms with Crippen molar-refractivity contribution in [3.63, 3.8) is 0 Å². The second kappa shape index (κ2) is 6.10. The molecule has 0 aliphatic carbocycles. The van der Waals surface area contributed by atoms with Crippen LogP contribution in [-0.4, -0.2) is 39.5 Å². The largest absolute Gasteiger partial charge is 0.355 e. The zero-order chi connectivity index (χ0) is 16.4. The highest BCUT2D eigenvalue weighted by atomic mass is 16.2. The van der Waals surface area contributed by atoms with E-state index in [1.807, 2.05) is 26.8 Å². The van der Waals surface area contributed by atoms with Crippen LogP contribution in [0.15, 0.2) is 24.8 Å². The zero-order valence-corrected chi connectivity index (χ0v) is 13.9. The summed E-state index contributed by atoms with van der Waals surface area (Å²) < 4.78 is 0. The van der Waals surface area contributed by atoms with Gasteiger partial charge in [0.25, 0.3) is 0 Å². The topological polar surface area (TPSA) is 71.0 Å². The number of piperidine rings is 1. The lowest BCUT2D eigenvalue weighted by molar-refractivity contribution is -0.126. The fraction of sp³-hybridized carbons (Fsp3) is 0.529. The van der Waals surface area contributed by atoms with Crippen LogP contribution in [0.2, 0.25) is 0 Å². The molecule has 1 N–H and O–H groups in total. The summed E-state index contributed by atoms with van der Waals surface area (Å²) in [6.45, 7) is 7.63. The first-order valence-electron chi connectivity index (χ1n) is 8.06. The molecule has 2 aromatic rings. The van der Waals surface area contributed by atoms with Crippen molar-refractivity contribution in [2.45, 2.75) is 39.2 Å². The highest BCUT2D eigenvalue weighted by Crippen LogP contribution is 2.27. The van der Waals surface area contributed by atoms with E-state index in [0.717, 1.165) is 36.1 Å². The number of carbonyl (C=O) groups excluding carboxylic acids is 1. The Morgan fingerprint density at radius 2 is 2.17 bits per heavy atom. The molecule has 0 radical (unpaired) electrons. The Kier molecular flexibility index (Phi) is 4.15. The molecule has 3 heterocycles. The SMILES string of the molecule is CC(C)(C)NC(=O)C1CCCN(c2ncnc3cnccc23)C1. The molecule has 1 fully saturated rings. The summed E-state index contributed by atoms with van der Waals surface area (Å²) >= 11 is 0. The standard InChI is InChI=1S/C17H23N5O/c1-17(2,3)21-16(23)12-5-4-8-22(10-12)15-13-6-7-18-9-14(13)19-11-20-15/h6-7,9,11-12H,4-5,8,10H2,1-3H3,(H,21,23). The summed E-state index contributed by atoms with van der Waals surface area (Å²) in [5.74, 6) is 1.02. The molecule has 1 aliphatic heterocycles. The van der Waals surface area contributed by atoms with Gasteiger partial charge in [-0.05, 0) is 39.7 Å². The van der Waals surface area contributed by atoms with E-state index in [0.29, 0.717) is 6.54 Å². The van der Waals surface area contributed by atoms with Crippen LogP contribution in [0.25, 0.3) is 10.9 Å². The smallest absolute Gasteiger partial charge is 0.225 e. The van der Waals surface area contributed by atoms with Crippen molar-refractivity contribution < 1.29 is 4.79 Å². The summed E-state index contributed by atoms with van der Waals surface area (Å²) in [5.41, 5.74) is 0.630. The molecule has 1 aliphatic rings. The number of anilines is 1. The first-order chi connectivity index (χ1) is 10.9. The van der Waals surface area contributed by atoms with Crippen LogP contribution in [-0.2, 0) is 4.79 Å². The second-order valence-corrected chi connectivity index (χ2v) is 7.11. The molecule has 6 nitrogen and oxygen atoms in total. The molecule has 0 spiro atoms. The van der Waals surface area contributed by atoms with Crippen LogP contribution < -0.4 is 10.2 Å². The Bertz CT molecular complexity index is 704. The van der Waals surface area contributed by atoms with Gasteiger partial charge < -0.3 is 10.2 Å². The molecule has 0 saturated carbocycles. The number of aromatic nitrogens is 3. The van der Waals surface area contributed by atoms with Gasteiger partial charge in [0.2, 0.25) is 5.91 Å². The van der Waals surface area contributed by atoms with Crippen molar-refractivity contribution in [3.8, 4) is 0 Å². The van der Waals surface area contributed by atoms with Gasteiger partial charge in [-0.3, -0.25) is 9.78 Å². The summed E-state index contributed by atoms with van der Waals surface area (Å²) in [4.78, 5) is 27.5. The van der Waals surface area contributed by atoms with Crippen LogP contribution >= 0.6 is 0 Å². The number of hydrogen-bond donors (Lipinski definition) is 1. The van der Waals surface area contributed by atoms with Crippen LogP contribution in [0.1, 0.15) is 33.6 Å². The lowest BCUT2D eigenvalue weighted by atomic mass is 9.95. The average molecular weight is 313 g/mol. The molecule has 1 atom stereocenters. The van der Waals surface area contributed by atoms with E-state index in [4.69, 9.17) is 0 Å². The fourth-order valence-corrected chi connectivity index (χ4v) is 3.00. The van der Waals surface area contributed by atoms with Gasteiger partial charge >= 0.3 is 0 Å². The third-order valence-electron chi connectivity index (χ3n) is 4.01. The van der Waals surface area contributed by atoms with E-state index < -0.39 is 0 Å². The van der Waals surface area contributed by atoms with Gasteiger partial charge in [-0.2, -0.15) is 0 Å². The van der Waals surface area contributed by atoms with Crippen molar-refractivity contribution in [2.24, 2.45) is 5.92 Å². The molecular weight excluding hydrogens is 290 g/mol. The van der Waals surface area contributed by atoms with E-state index >= 15 is 0 Å². The number of pyridine rings is 1. The van der Waals surface area contributed by atoms with E-state index in [1.165, 1.54) is 0 Å². The van der Waals surface area contributed by atoms with Gasteiger partial charge in [0, 0.05) is 30.2 Å². The molecule has 3 rings (SSSR count). The molecule has 1 saturated heterocycles.